The minimum atomic E-state index is -2.06. The van der Waals surface area contributed by atoms with Gasteiger partial charge in [-0.05, 0) is 18.1 Å². The number of aromatic nitrogens is 1. The number of carbonyl (C=O) groups excluding carboxylic acids is 3. The summed E-state index contributed by atoms with van der Waals surface area (Å²) in [5, 5.41) is 21.7. The number of nitrogens with two attached hydrogens (primary N) is 1. The Bertz CT molecular complexity index is 1060. The molecule has 0 spiro atoms. The molecular weight excluding hydrogens is 425 g/mol. The minimum Gasteiger partial charge on any atom is -0.481 e. The van der Waals surface area contributed by atoms with Gasteiger partial charge < -0.3 is 25.8 Å². The zero-order chi connectivity index (χ0) is 24.2. The highest BCUT2D eigenvalue weighted by Crippen LogP contribution is 2.21. The van der Waals surface area contributed by atoms with Gasteiger partial charge in [0.15, 0.2) is 11.6 Å². The fraction of sp³-hybridized carbons (Fsp3) is 0.381. The number of para-hydroxylation sites is 1. The van der Waals surface area contributed by atoms with Gasteiger partial charge in [-0.2, -0.15) is 0 Å². The van der Waals surface area contributed by atoms with E-state index in [2.05, 4.69) is 5.32 Å². The summed E-state index contributed by atoms with van der Waals surface area (Å²) in [6.45, 7) is 1.02. The van der Waals surface area contributed by atoms with E-state index in [4.69, 9.17) is 5.73 Å². The monoisotopic (exact) mass is 449 g/mol. The lowest BCUT2D eigenvalue weighted by Gasteiger charge is -2.26. The maximum Gasteiger partial charge on any atom is 0.323 e. The van der Waals surface area contributed by atoms with Crippen molar-refractivity contribution in [3.05, 3.63) is 36.0 Å². The topological polar surface area (TPSA) is 169 Å². The Morgan fingerprint density at radius 2 is 1.75 bits per heavy atom. The third-order valence-corrected chi connectivity index (χ3v) is 5.03. The number of ketones is 2. The summed E-state index contributed by atoms with van der Waals surface area (Å²) in [7, 11) is 0. The average molecular weight is 449 g/mol. The number of hydrogen-bond donors (Lipinski definition) is 4. The quantitative estimate of drug-likeness (QED) is 0.362. The molecule has 0 saturated heterocycles. The number of benzene rings is 1. The highest BCUT2D eigenvalue weighted by atomic mass is 19.1. The fourth-order valence-electron chi connectivity index (χ4n) is 3.41. The van der Waals surface area contributed by atoms with Gasteiger partial charge >= 0.3 is 11.9 Å². The van der Waals surface area contributed by atoms with Crippen molar-refractivity contribution in [2.75, 3.05) is 6.67 Å². The highest BCUT2D eigenvalue weighted by Gasteiger charge is 2.41. The van der Waals surface area contributed by atoms with Crippen LogP contribution in [-0.2, 0) is 25.7 Å². The second-order valence-corrected chi connectivity index (χ2v) is 7.61. The zero-order valence-corrected chi connectivity index (χ0v) is 17.4. The number of Topliss-reactive ketones (excluding diaryl/α,β-unsaturated/α-hetero) is 2. The molecule has 10 nitrogen and oxygen atoms in total. The maximum absolute atomic E-state index is 13.0. The Balaban J connectivity index is 2.42. The number of amides is 1. The van der Waals surface area contributed by atoms with Crippen molar-refractivity contribution >= 4 is 40.3 Å². The highest BCUT2D eigenvalue weighted by molar-refractivity contribution is 6.09. The van der Waals surface area contributed by atoms with E-state index in [0.29, 0.717) is 10.9 Å². The van der Waals surface area contributed by atoms with Gasteiger partial charge in [0.05, 0.1) is 12.1 Å². The number of hydrogen-bond acceptors (Lipinski definition) is 6. The van der Waals surface area contributed by atoms with Crippen LogP contribution in [0.25, 0.3) is 10.9 Å². The molecule has 2 unspecified atom stereocenters. The molecule has 0 aliphatic carbocycles. The van der Waals surface area contributed by atoms with Crippen molar-refractivity contribution in [2.45, 2.75) is 32.5 Å². The summed E-state index contributed by atoms with van der Waals surface area (Å²) in [5.74, 6) is -8.71. The maximum atomic E-state index is 13.0. The number of carbonyl (C=O) groups is 5. The SMILES string of the molecule is CC(C)[C@H](NC(=O)c1cc2ccccc2n1CC(=O)O)C(=O)C(C(=O)O)C(N)C(=O)CF. The zero-order valence-electron chi connectivity index (χ0n) is 17.4. The third kappa shape index (κ3) is 5.17. The first-order chi connectivity index (χ1) is 15.0. The molecule has 0 bridgehead atoms. The smallest absolute Gasteiger partial charge is 0.323 e. The third-order valence-electron chi connectivity index (χ3n) is 5.03. The van der Waals surface area contributed by atoms with E-state index in [1.165, 1.54) is 24.5 Å². The predicted molar refractivity (Wildman–Crippen MR) is 111 cm³/mol. The van der Waals surface area contributed by atoms with Gasteiger partial charge in [-0.15, -0.1) is 0 Å². The van der Waals surface area contributed by atoms with Crippen molar-refractivity contribution in [2.24, 2.45) is 17.6 Å². The molecule has 1 amide bonds. The molecule has 0 fully saturated rings. The standard InChI is InChI=1S/C21H24FN3O7/c1-10(2)18(19(29)16(21(31)32)17(23)14(26)8-22)24-20(30)13-7-11-5-3-4-6-12(11)25(13)9-15(27)28/h3-7,10,16-18H,8-9,23H2,1-2H3,(H,24,30)(H,27,28)(H,31,32)/t16?,17?,18-/m0/s1. The van der Waals surface area contributed by atoms with Crippen LogP contribution in [0.4, 0.5) is 4.39 Å². The first-order valence-corrected chi connectivity index (χ1v) is 9.71. The summed E-state index contributed by atoms with van der Waals surface area (Å²) in [4.78, 5) is 60.5. The number of fused-ring (bicyclic) bond motifs is 1. The number of carboxylic acids is 2. The van der Waals surface area contributed by atoms with Gasteiger partial charge in [-0.3, -0.25) is 24.0 Å². The van der Waals surface area contributed by atoms with E-state index < -0.39 is 66.6 Å². The van der Waals surface area contributed by atoms with Crippen LogP contribution in [0.5, 0.6) is 0 Å². The van der Waals surface area contributed by atoms with Crippen LogP contribution in [0, 0.1) is 11.8 Å². The first kappa shape index (κ1) is 24.7. The van der Waals surface area contributed by atoms with Crippen LogP contribution in [0.2, 0.25) is 0 Å². The van der Waals surface area contributed by atoms with Crippen molar-refractivity contribution < 1.29 is 38.6 Å². The number of alkyl halides is 1. The lowest BCUT2D eigenvalue weighted by molar-refractivity contribution is -0.150. The molecule has 2 aromatic rings. The number of aliphatic carboxylic acids is 2. The summed E-state index contributed by atoms with van der Waals surface area (Å²) in [6.07, 6.45) is 0. The van der Waals surface area contributed by atoms with Gasteiger partial charge in [0, 0.05) is 10.9 Å². The lowest BCUT2D eigenvalue weighted by atomic mass is 9.85. The predicted octanol–water partition coefficient (Wildman–Crippen LogP) is 0.616. The first-order valence-electron chi connectivity index (χ1n) is 9.71. The molecule has 2 rings (SSSR count). The number of nitrogens with zero attached hydrogens (tertiary/aromatic N) is 1. The summed E-state index contributed by atoms with van der Waals surface area (Å²) in [5.41, 5.74) is 5.94. The van der Waals surface area contributed by atoms with Crippen LogP contribution >= 0.6 is 0 Å². The molecule has 1 aromatic heterocycles. The number of halogens is 1. The van der Waals surface area contributed by atoms with E-state index in [9.17, 15) is 38.6 Å². The molecule has 5 N–H and O–H groups in total. The largest absolute Gasteiger partial charge is 0.481 e. The molecule has 32 heavy (non-hydrogen) atoms. The van der Waals surface area contributed by atoms with Gasteiger partial charge in [-0.25, -0.2) is 4.39 Å². The van der Waals surface area contributed by atoms with Crippen molar-refractivity contribution in [3.8, 4) is 0 Å². The van der Waals surface area contributed by atoms with Gasteiger partial charge in [0.25, 0.3) is 5.91 Å². The molecule has 0 saturated carbocycles. The van der Waals surface area contributed by atoms with E-state index >= 15 is 0 Å². The normalized spacial score (nSPS) is 14.0. The number of carboxylic acid groups (broad SMARTS) is 2. The molecule has 0 aliphatic rings. The Hall–Kier alpha value is -3.60. The van der Waals surface area contributed by atoms with Crippen molar-refractivity contribution in [3.63, 3.8) is 0 Å². The molecule has 11 heteroatoms. The van der Waals surface area contributed by atoms with E-state index in [1.54, 1.807) is 24.3 Å². The van der Waals surface area contributed by atoms with Gasteiger partial charge in [0.1, 0.15) is 24.8 Å². The molecular formula is C21H24FN3O7. The summed E-state index contributed by atoms with van der Waals surface area (Å²) < 4.78 is 14.0. The fourth-order valence-corrected chi connectivity index (χ4v) is 3.41. The molecule has 1 aromatic carbocycles. The molecule has 0 aliphatic heterocycles. The van der Waals surface area contributed by atoms with Gasteiger partial charge in [0.2, 0.25) is 0 Å². The Kier molecular flexibility index (Phi) is 7.82. The van der Waals surface area contributed by atoms with Crippen LogP contribution in [-0.4, -0.2) is 63.0 Å². The van der Waals surface area contributed by atoms with E-state index in [-0.39, 0.29) is 5.69 Å². The number of rotatable bonds is 11. The molecule has 172 valence electrons. The lowest BCUT2D eigenvalue weighted by Crippen LogP contribution is -2.55. The Morgan fingerprint density at radius 3 is 2.28 bits per heavy atom. The van der Waals surface area contributed by atoms with Crippen LogP contribution in [0.1, 0.15) is 24.3 Å². The summed E-state index contributed by atoms with van der Waals surface area (Å²) >= 11 is 0. The Labute approximate surface area is 182 Å². The van der Waals surface area contributed by atoms with Crippen molar-refractivity contribution in [1.82, 2.24) is 9.88 Å². The summed E-state index contributed by atoms with van der Waals surface area (Å²) in [6, 6.07) is 4.84. The minimum absolute atomic E-state index is 0.0527. The average Bonchev–Trinajstić information content (AvgIpc) is 3.08. The van der Waals surface area contributed by atoms with Crippen LogP contribution in [0.15, 0.2) is 30.3 Å². The van der Waals surface area contributed by atoms with Crippen LogP contribution in [0.3, 0.4) is 0 Å². The van der Waals surface area contributed by atoms with E-state index in [1.807, 2.05) is 0 Å². The van der Waals surface area contributed by atoms with Gasteiger partial charge in [-0.1, -0.05) is 32.0 Å². The van der Waals surface area contributed by atoms with Crippen molar-refractivity contribution in [1.29, 1.82) is 0 Å². The van der Waals surface area contributed by atoms with E-state index in [0.717, 1.165) is 0 Å². The second-order valence-electron chi connectivity index (χ2n) is 7.61. The molecule has 3 atom stereocenters. The second kappa shape index (κ2) is 10.1. The van der Waals surface area contributed by atoms with Crippen LogP contribution < -0.4 is 11.1 Å². The number of nitrogens with one attached hydrogen (secondary N) is 1. The molecule has 0 radical (unpaired) electrons. The molecule has 1 heterocycles. The Morgan fingerprint density at radius 1 is 1.12 bits per heavy atom.